The molecule has 1 aliphatic carbocycles. The zero-order valence-electron chi connectivity index (χ0n) is 8.23. The van der Waals surface area contributed by atoms with E-state index >= 15 is 0 Å². The molecule has 0 radical (unpaired) electrons. The smallest absolute Gasteiger partial charge is 0.00767 e. The third-order valence-electron chi connectivity index (χ3n) is 2.68. The summed E-state index contributed by atoms with van der Waals surface area (Å²) in [4.78, 5) is 0. The molecule has 0 amide bonds. The third-order valence-corrected chi connectivity index (χ3v) is 2.68. The molecule has 0 aromatic rings. The quantitative estimate of drug-likeness (QED) is 0.564. The fraction of sp³-hybridized carbons (Fsp3) is 1.00. The summed E-state index contributed by atoms with van der Waals surface area (Å²) >= 11 is 0. The monoisotopic (exact) mass is 170 g/mol. The van der Waals surface area contributed by atoms with Crippen LogP contribution < -0.4 is 10.6 Å². The molecule has 0 aliphatic heterocycles. The van der Waals surface area contributed by atoms with E-state index in [1.54, 1.807) is 0 Å². The average molecular weight is 170 g/mol. The highest BCUT2D eigenvalue weighted by atomic mass is 14.9. The van der Waals surface area contributed by atoms with Crippen molar-refractivity contribution in [3.8, 4) is 0 Å². The van der Waals surface area contributed by atoms with Crippen LogP contribution in [0.5, 0.6) is 0 Å². The van der Waals surface area contributed by atoms with Gasteiger partial charge in [0.2, 0.25) is 0 Å². The molecule has 0 bridgehead atoms. The predicted octanol–water partition coefficient (Wildman–Crippen LogP) is 1.38. The van der Waals surface area contributed by atoms with Gasteiger partial charge in [-0.05, 0) is 25.4 Å². The highest BCUT2D eigenvalue weighted by Crippen LogP contribution is 2.28. The van der Waals surface area contributed by atoms with E-state index < -0.39 is 0 Å². The van der Waals surface area contributed by atoms with Crippen molar-refractivity contribution in [2.24, 2.45) is 5.92 Å². The first kappa shape index (κ1) is 10.0. The van der Waals surface area contributed by atoms with Crippen LogP contribution in [0.3, 0.4) is 0 Å². The van der Waals surface area contributed by atoms with Crippen LogP contribution in [0.1, 0.15) is 32.6 Å². The lowest BCUT2D eigenvalue weighted by Crippen LogP contribution is -2.29. The van der Waals surface area contributed by atoms with E-state index in [2.05, 4.69) is 17.6 Å². The largest absolute Gasteiger partial charge is 0.316 e. The molecule has 0 heterocycles. The van der Waals surface area contributed by atoms with Crippen molar-refractivity contribution in [3.63, 3.8) is 0 Å². The molecule has 72 valence electrons. The van der Waals surface area contributed by atoms with Crippen molar-refractivity contribution in [2.75, 3.05) is 26.2 Å². The molecular formula is C10H22N2. The van der Waals surface area contributed by atoms with Gasteiger partial charge in [0.05, 0.1) is 0 Å². The van der Waals surface area contributed by atoms with Crippen LogP contribution in [-0.4, -0.2) is 26.2 Å². The molecule has 1 aliphatic rings. The number of rotatable bonds is 7. The number of hydrogen-bond acceptors (Lipinski definition) is 2. The summed E-state index contributed by atoms with van der Waals surface area (Å²) in [5.41, 5.74) is 0. The molecule has 0 atom stereocenters. The minimum absolute atomic E-state index is 1.05. The summed E-state index contributed by atoms with van der Waals surface area (Å²) < 4.78 is 0. The topological polar surface area (TPSA) is 24.1 Å². The molecule has 1 fully saturated rings. The van der Waals surface area contributed by atoms with Crippen LogP contribution in [-0.2, 0) is 0 Å². The molecule has 0 saturated heterocycles. The Bertz CT molecular complexity index is 100. The van der Waals surface area contributed by atoms with E-state index in [0.29, 0.717) is 0 Å². The Labute approximate surface area is 76.1 Å². The molecule has 2 nitrogen and oxygen atoms in total. The van der Waals surface area contributed by atoms with Crippen LogP contribution in [0.4, 0.5) is 0 Å². The van der Waals surface area contributed by atoms with Crippen LogP contribution in [0.2, 0.25) is 0 Å². The standard InChI is InChI=1S/C10H22N2/c1-2-11-8-9-12-7-6-10-4-3-5-10/h10-12H,2-9H2,1H3. The van der Waals surface area contributed by atoms with Gasteiger partial charge in [0.25, 0.3) is 0 Å². The lowest BCUT2D eigenvalue weighted by atomic mass is 9.83. The molecular weight excluding hydrogens is 148 g/mol. The second-order valence-corrected chi connectivity index (χ2v) is 3.69. The van der Waals surface area contributed by atoms with Crippen LogP contribution in [0.25, 0.3) is 0 Å². The van der Waals surface area contributed by atoms with Crippen molar-refractivity contribution in [1.82, 2.24) is 10.6 Å². The maximum atomic E-state index is 3.46. The van der Waals surface area contributed by atoms with E-state index in [9.17, 15) is 0 Å². The summed E-state index contributed by atoms with van der Waals surface area (Å²) in [6, 6.07) is 0. The van der Waals surface area contributed by atoms with Gasteiger partial charge < -0.3 is 10.6 Å². The summed E-state index contributed by atoms with van der Waals surface area (Å²) in [7, 11) is 0. The Morgan fingerprint density at radius 1 is 1.08 bits per heavy atom. The lowest BCUT2D eigenvalue weighted by Gasteiger charge is -2.25. The van der Waals surface area contributed by atoms with E-state index in [1.807, 2.05) is 0 Å². The highest BCUT2D eigenvalue weighted by molar-refractivity contribution is 4.70. The van der Waals surface area contributed by atoms with Gasteiger partial charge in [0.15, 0.2) is 0 Å². The first-order chi connectivity index (χ1) is 5.93. The van der Waals surface area contributed by atoms with Crippen LogP contribution in [0.15, 0.2) is 0 Å². The maximum Gasteiger partial charge on any atom is 0.00767 e. The highest BCUT2D eigenvalue weighted by Gasteiger charge is 2.15. The van der Waals surface area contributed by atoms with Crippen molar-refractivity contribution >= 4 is 0 Å². The van der Waals surface area contributed by atoms with Gasteiger partial charge in [-0.1, -0.05) is 26.2 Å². The van der Waals surface area contributed by atoms with Gasteiger partial charge in [-0.3, -0.25) is 0 Å². The summed E-state index contributed by atoms with van der Waals surface area (Å²) in [6.45, 7) is 6.69. The SMILES string of the molecule is CCNCCNCCC1CCC1. The molecule has 2 N–H and O–H groups in total. The Balaban J connectivity index is 1.70. The predicted molar refractivity (Wildman–Crippen MR) is 53.4 cm³/mol. The molecule has 0 aromatic heterocycles. The average Bonchev–Trinajstić information content (AvgIpc) is 2.00. The summed E-state index contributed by atoms with van der Waals surface area (Å²) in [5.74, 6) is 1.05. The number of likely N-dealkylation sites (N-methyl/N-ethyl adjacent to an activating group) is 1. The minimum atomic E-state index is 1.05. The van der Waals surface area contributed by atoms with Crippen LogP contribution >= 0.6 is 0 Å². The number of hydrogen-bond donors (Lipinski definition) is 2. The van der Waals surface area contributed by atoms with E-state index in [1.165, 1.54) is 32.2 Å². The fourth-order valence-corrected chi connectivity index (χ4v) is 1.57. The van der Waals surface area contributed by atoms with Crippen molar-refractivity contribution < 1.29 is 0 Å². The number of nitrogens with one attached hydrogen (secondary N) is 2. The normalized spacial score (nSPS) is 17.8. The van der Waals surface area contributed by atoms with Gasteiger partial charge in [0.1, 0.15) is 0 Å². The first-order valence-corrected chi connectivity index (χ1v) is 5.35. The van der Waals surface area contributed by atoms with E-state index in [-0.39, 0.29) is 0 Å². The van der Waals surface area contributed by atoms with Gasteiger partial charge in [-0.2, -0.15) is 0 Å². The zero-order valence-corrected chi connectivity index (χ0v) is 8.23. The minimum Gasteiger partial charge on any atom is -0.316 e. The van der Waals surface area contributed by atoms with E-state index in [0.717, 1.165) is 25.6 Å². The van der Waals surface area contributed by atoms with Gasteiger partial charge in [-0.15, -0.1) is 0 Å². The Morgan fingerprint density at radius 2 is 1.83 bits per heavy atom. The third kappa shape index (κ3) is 4.07. The Morgan fingerprint density at radius 3 is 2.42 bits per heavy atom. The van der Waals surface area contributed by atoms with Gasteiger partial charge in [0, 0.05) is 13.1 Å². The van der Waals surface area contributed by atoms with Crippen molar-refractivity contribution in [3.05, 3.63) is 0 Å². The van der Waals surface area contributed by atoms with E-state index in [4.69, 9.17) is 0 Å². The Kier molecular flexibility index (Phi) is 5.37. The van der Waals surface area contributed by atoms with Gasteiger partial charge >= 0.3 is 0 Å². The lowest BCUT2D eigenvalue weighted by molar-refractivity contribution is 0.292. The molecule has 0 spiro atoms. The first-order valence-electron chi connectivity index (χ1n) is 5.35. The summed E-state index contributed by atoms with van der Waals surface area (Å²) in [6.07, 6.45) is 5.83. The Hall–Kier alpha value is -0.0800. The molecule has 0 aromatic carbocycles. The maximum absolute atomic E-state index is 3.46. The molecule has 1 rings (SSSR count). The molecule has 0 unspecified atom stereocenters. The molecule has 2 heteroatoms. The van der Waals surface area contributed by atoms with Crippen molar-refractivity contribution in [1.29, 1.82) is 0 Å². The van der Waals surface area contributed by atoms with Crippen LogP contribution in [0, 0.1) is 5.92 Å². The molecule has 12 heavy (non-hydrogen) atoms. The molecule has 1 saturated carbocycles. The van der Waals surface area contributed by atoms with Crippen molar-refractivity contribution in [2.45, 2.75) is 32.6 Å². The zero-order chi connectivity index (χ0) is 8.65. The fourth-order valence-electron chi connectivity index (χ4n) is 1.57. The second kappa shape index (κ2) is 6.44. The summed E-state index contributed by atoms with van der Waals surface area (Å²) in [5, 5.41) is 6.76. The second-order valence-electron chi connectivity index (χ2n) is 3.69. The van der Waals surface area contributed by atoms with Gasteiger partial charge in [-0.25, -0.2) is 0 Å².